The minimum atomic E-state index is 0.251. The Morgan fingerprint density at radius 1 is 1.73 bits per heavy atom. The van der Waals surface area contributed by atoms with E-state index in [1.165, 1.54) is 0 Å². The zero-order valence-corrected chi connectivity index (χ0v) is 6.96. The minimum absolute atomic E-state index is 0.251. The zero-order valence-electron chi connectivity index (χ0n) is 6.96. The van der Waals surface area contributed by atoms with Crippen molar-refractivity contribution < 1.29 is 0 Å². The second-order valence-electron chi connectivity index (χ2n) is 2.45. The summed E-state index contributed by atoms with van der Waals surface area (Å²) < 4.78 is 0. The van der Waals surface area contributed by atoms with Crippen molar-refractivity contribution in [1.82, 2.24) is 5.32 Å². The summed E-state index contributed by atoms with van der Waals surface area (Å²) in [6, 6.07) is 0. The van der Waals surface area contributed by atoms with Crippen LogP contribution < -0.4 is 11.1 Å². The van der Waals surface area contributed by atoms with E-state index in [-0.39, 0.29) is 5.92 Å². The zero-order chi connectivity index (χ0) is 8.69. The Morgan fingerprint density at radius 2 is 2.36 bits per heavy atom. The van der Waals surface area contributed by atoms with Crippen LogP contribution in [0.15, 0.2) is 4.99 Å². The van der Waals surface area contributed by atoms with Gasteiger partial charge in [-0.15, -0.1) is 0 Å². The van der Waals surface area contributed by atoms with Gasteiger partial charge in [-0.25, -0.2) is 0 Å². The van der Waals surface area contributed by atoms with Gasteiger partial charge in [0.2, 0.25) is 0 Å². The average molecular weight is 154 g/mol. The summed E-state index contributed by atoms with van der Waals surface area (Å²) >= 11 is 0. The van der Waals surface area contributed by atoms with E-state index in [0.29, 0.717) is 18.9 Å². The molecule has 0 radical (unpaired) electrons. The molecule has 0 saturated heterocycles. The van der Waals surface area contributed by atoms with Gasteiger partial charge in [0.05, 0.1) is 6.54 Å². The van der Waals surface area contributed by atoms with Gasteiger partial charge in [0, 0.05) is 12.5 Å². The Bertz CT molecular complexity index is 166. The summed E-state index contributed by atoms with van der Waals surface area (Å²) in [6.45, 7) is 5.03. The first kappa shape index (κ1) is 9.92. The van der Waals surface area contributed by atoms with Crippen molar-refractivity contribution in [3.63, 3.8) is 0 Å². The maximum absolute atomic E-state index is 8.31. The van der Waals surface area contributed by atoms with Crippen LogP contribution in [0.25, 0.3) is 0 Å². The van der Waals surface area contributed by atoms with Crippen molar-refractivity contribution in [3.05, 3.63) is 0 Å². The highest BCUT2D eigenvalue weighted by molar-refractivity contribution is 5.85. The predicted octanol–water partition coefficient (Wildman–Crippen LogP) is 0.0703. The van der Waals surface area contributed by atoms with Crippen molar-refractivity contribution in [3.8, 4) is 6.19 Å². The molecule has 0 saturated carbocycles. The lowest BCUT2D eigenvalue weighted by Gasteiger charge is -2.06. The number of nitrogens with two attached hydrogens (primary N) is 1. The Labute approximate surface area is 67.1 Å². The van der Waals surface area contributed by atoms with E-state index in [0.717, 1.165) is 0 Å². The molecular formula is C7H14N4. The summed E-state index contributed by atoms with van der Waals surface area (Å²) in [7, 11) is 0. The van der Waals surface area contributed by atoms with Crippen LogP contribution in [0.5, 0.6) is 0 Å². The lowest BCUT2D eigenvalue weighted by atomic mass is 10.2. The molecule has 0 aliphatic rings. The van der Waals surface area contributed by atoms with Crippen LogP contribution in [0.3, 0.4) is 0 Å². The third-order valence-corrected chi connectivity index (χ3v) is 1.14. The van der Waals surface area contributed by atoms with Crippen LogP contribution in [-0.4, -0.2) is 18.9 Å². The van der Waals surface area contributed by atoms with E-state index in [2.05, 4.69) is 10.3 Å². The van der Waals surface area contributed by atoms with Gasteiger partial charge in [0.15, 0.2) is 6.19 Å². The lowest BCUT2D eigenvalue weighted by Crippen LogP contribution is -2.24. The minimum Gasteiger partial charge on any atom is -0.329 e. The highest BCUT2D eigenvalue weighted by Crippen LogP contribution is 1.93. The molecule has 11 heavy (non-hydrogen) atoms. The number of rotatable bonds is 3. The standard InChI is InChI=1S/C7H14N4/c1-6(2)7(11-5-9)10-4-3-8/h6H,3-4,8H2,1-2H3,(H,10,11). The molecule has 0 amide bonds. The summed E-state index contributed by atoms with van der Waals surface area (Å²) in [6.07, 6.45) is 1.84. The molecular weight excluding hydrogens is 140 g/mol. The fourth-order valence-electron chi connectivity index (χ4n) is 0.609. The molecule has 0 aromatic rings. The third kappa shape index (κ3) is 4.34. The van der Waals surface area contributed by atoms with Crippen LogP contribution in [0.2, 0.25) is 0 Å². The average Bonchev–Trinajstić information content (AvgIpc) is 1.97. The number of hydrogen-bond donors (Lipinski definition) is 2. The van der Waals surface area contributed by atoms with Gasteiger partial charge >= 0.3 is 0 Å². The molecule has 0 spiro atoms. The molecule has 0 heterocycles. The van der Waals surface area contributed by atoms with E-state index >= 15 is 0 Å². The SMILES string of the molecule is CC(C)C(=NCCN)NC#N. The number of amidine groups is 1. The molecule has 0 aromatic carbocycles. The monoisotopic (exact) mass is 154 g/mol. The molecule has 0 aliphatic heterocycles. The topological polar surface area (TPSA) is 74.2 Å². The molecule has 0 aromatic heterocycles. The van der Waals surface area contributed by atoms with Crippen LogP contribution in [-0.2, 0) is 0 Å². The van der Waals surface area contributed by atoms with Crippen LogP contribution >= 0.6 is 0 Å². The van der Waals surface area contributed by atoms with Gasteiger partial charge < -0.3 is 5.73 Å². The molecule has 0 bridgehead atoms. The molecule has 4 nitrogen and oxygen atoms in total. The molecule has 0 rings (SSSR count). The fourth-order valence-corrected chi connectivity index (χ4v) is 0.609. The smallest absolute Gasteiger partial charge is 0.182 e. The molecule has 0 unspecified atom stereocenters. The predicted molar refractivity (Wildman–Crippen MR) is 44.9 cm³/mol. The van der Waals surface area contributed by atoms with Crippen molar-refractivity contribution in [2.75, 3.05) is 13.1 Å². The Hall–Kier alpha value is -1.08. The van der Waals surface area contributed by atoms with E-state index in [1.807, 2.05) is 20.0 Å². The number of hydrogen-bond acceptors (Lipinski definition) is 3. The Balaban J connectivity index is 3.99. The maximum atomic E-state index is 8.31. The van der Waals surface area contributed by atoms with Gasteiger partial charge in [0.1, 0.15) is 5.84 Å². The van der Waals surface area contributed by atoms with Crippen molar-refractivity contribution in [2.45, 2.75) is 13.8 Å². The molecule has 0 atom stereocenters. The summed E-state index contributed by atoms with van der Waals surface area (Å²) in [5.41, 5.74) is 5.26. The number of nitriles is 1. The van der Waals surface area contributed by atoms with Gasteiger partial charge in [-0.05, 0) is 0 Å². The number of aliphatic imine (C=N–C) groups is 1. The largest absolute Gasteiger partial charge is 0.329 e. The van der Waals surface area contributed by atoms with Crippen LogP contribution in [0.4, 0.5) is 0 Å². The molecule has 4 heteroatoms. The highest BCUT2D eigenvalue weighted by Gasteiger charge is 2.01. The third-order valence-electron chi connectivity index (χ3n) is 1.14. The number of nitrogens with one attached hydrogen (secondary N) is 1. The summed E-state index contributed by atoms with van der Waals surface area (Å²) in [5, 5.41) is 10.8. The van der Waals surface area contributed by atoms with E-state index in [4.69, 9.17) is 11.0 Å². The fraction of sp³-hybridized carbons (Fsp3) is 0.714. The first-order valence-corrected chi connectivity index (χ1v) is 3.62. The van der Waals surface area contributed by atoms with E-state index in [1.54, 1.807) is 0 Å². The van der Waals surface area contributed by atoms with Crippen molar-refractivity contribution >= 4 is 5.84 Å². The van der Waals surface area contributed by atoms with Gasteiger partial charge in [-0.1, -0.05) is 13.8 Å². The van der Waals surface area contributed by atoms with E-state index < -0.39 is 0 Å². The maximum Gasteiger partial charge on any atom is 0.182 e. The quantitative estimate of drug-likeness (QED) is 0.261. The Kier molecular flexibility index (Phi) is 5.13. The van der Waals surface area contributed by atoms with Gasteiger partial charge in [0.25, 0.3) is 0 Å². The van der Waals surface area contributed by atoms with E-state index in [9.17, 15) is 0 Å². The first-order chi connectivity index (χ1) is 5.22. The lowest BCUT2D eigenvalue weighted by molar-refractivity contribution is 0.829. The second kappa shape index (κ2) is 5.69. The van der Waals surface area contributed by atoms with Gasteiger partial charge in [-0.3, -0.25) is 10.3 Å². The summed E-state index contributed by atoms with van der Waals surface area (Å²) in [5.74, 6) is 0.958. The Morgan fingerprint density at radius 3 is 2.73 bits per heavy atom. The second-order valence-corrected chi connectivity index (χ2v) is 2.45. The van der Waals surface area contributed by atoms with Crippen molar-refractivity contribution in [1.29, 1.82) is 5.26 Å². The van der Waals surface area contributed by atoms with Gasteiger partial charge in [-0.2, -0.15) is 5.26 Å². The van der Waals surface area contributed by atoms with Crippen LogP contribution in [0.1, 0.15) is 13.8 Å². The number of nitrogens with zero attached hydrogens (tertiary/aromatic N) is 2. The van der Waals surface area contributed by atoms with Crippen LogP contribution in [0, 0.1) is 17.4 Å². The first-order valence-electron chi connectivity index (χ1n) is 3.62. The molecule has 62 valence electrons. The highest BCUT2D eigenvalue weighted by atomic mass is 15.0. The van der Waals surface area contributed by atoms with Crippen molar-refractivity contribution in [2.24, 2.45) is 16.6 Å². The summed E-state index contributed by atoms with van der Waals surface area (Å²) in [4.78, 5) is 4.09. The molecule has 0 fully saturated rings. The normalized spacial score (nSPS) is 11.4. The molecule has 0 aliphatic carbocycles. The molecule has 3 N–H and O–H groups in total.